The van der Waals surface area contributed by atoms with Crippen LogP contribution in [0.1, 0.15) is 37.7 Å². The average Bonchev–Trinajstić information content (AvgIpc) is 2.83. The zero-order chi connectivity index (χ0) is 26.0. The van der Waals surface area contributed by atoms with Crippen molar-refractivity contribution in [3.8, 4) is 11.5 Å². The number of aromatic nitrogens is 2. The molecule has 0 radical (unpaired) electrons. The fourth-order valence-corrected chi connectivity index (χ4v) is 4.22. The van der Waals surface area contributed by atoms with Gasteiger partial charge in [0.25, 0.3) is 5.56 Å². The molecule has 0 saturated carbocycles. The lowest BCUT2D eigenvalue weighted by molar-refractivity contribution is 0.280. The Balaban J connectivity index is 1.72. The van der Waals surface area contributed by atoms with Crippen LogP contribution in [0.25, 0.3) is 10.9 Å². The SMILES string of the molecule is COc1cc(C=Nn2c(C(C)(C)C)nc3ccc(Br)cc3c2=O)cc(Cl)c1OCc1ccccc1F. The summed E-state index contributed by atoms with van der Waals surface area (Å²) < 4.78 is 27.3. The lowest BCUT2D eigenvalue weighted by Crippen LogP contribution is -2.29. The van der Waals surface area contributed by atoms with Crippen LogP contribution in [0.5, 0.6) is 11.5 Å². The van der Waals surface area contributed by atoms with Crippen molar-refractivity contribution >= 4 is 44.6 Å². The number of halogens is 3. The first kappa shape index (κ1) is 25.9. The second kappa shape index (κ2) is 10.4. The third-order valence-corrected chi connectivity index (χ3v) is 6.16. The highest BCUT2D eigenvalue weighted by Gasteiger charge is 2.23. The number of ether oxygens (including phenoxy) is 2. The van der Waals surface area contributed by atoms with Crippen LogP contribution in [-0.4, -0.2) is 23.0 Å². The maximum Gasteiger partial charge on any atom is 0.282 e. The van der Waals surface area contributed by atoms with Gasteiger partial charge in [-0.25, -0.2) is 9.37 Å². The predicted octanol–water partition coefficient (Wildman–Crippen LogP) is 6.72. The van der Waals surface area contributed by atoms with Crippen LogP contribution in [0, 0.1) is 5.82 Å². The number of hydrogen-bond acceptors (Lipinski definition) is 5. The van der Waals surface area contributed by atoms with E-state index in [0.29, 0.717) is 33.6 Å². The fraction of sp³-hybridized carbons (Fsp3) is 0.222. The Morgan fingerprint density at radius 1 is 1.17 bits per heavy atom. The highest BCUT2D eigenvalue weighted by atomic mass is 79.9. The van der Waals surface area contributed by atoms with Gasteiger partial charge in [0.05, 0.1) is 29.2 Å². The number of fused-ring (bicyclic) bond motifs is 1. The fourth-order valence-electron chi connectivity index (χ4n) is 3.59. The number of benzene rings is 3. The number of hydrogen-bond donors (Lipinski definition) is 0. The molecule has 1 aromatic heterocycles. The zero-order valence-electron chi connectivity index (χ0n) is 20.2. The molecule has 0 bridgehead atoms. The van der Waals surface area contributed by atoms with Crippen molar-refractivity contribution < 1.29 is 13.9 Å². The van der Waals surface area contributed by atoms with E-state index in [-0.39, 0.29) is 28.8 Å². The van der Waals surface area contributed by atoms with E-state index in [1.165, 1.54) is 24.1 Å². The van der Waals surface area contributed by atoms with E-state index in [0.717, 1.165) is 4.47 Å². The molecular weight excluding hydrogens is 549 g/mol. The van der Waals surface area contributed by atoms with E-state index >= 15 is 0 Å². The maximum absolute atomic E-state index is 14.0. The van der Waals surface area contributed by atoms with Crippen molar-refractivity contribution in [1.82, 2.24) is 9.66 Å². The van der Waals surface area contributed by atoms with Crippen LogP contribution in [0.4, 0.5) is 4.39 Å². The van der Waals surface area contributed by atoms with Crippen molar-refractivity contribution in [3.63, 3.8) is 0 Å². The van der Waals surface area contributed by atoms with Crippen LogP contribution in [0.2, 0.25) is 5.02 Å². The summed E-state index contributed by atoms with van der Waals surface area (Å²) in [4.78, 5) is 18.1. The van der Waals surface area contributed by atoms with Gasteiger partial charge in [0.15, 0.2) is 11.5 Å². The minimum atomic E-state index is -0.447. The van der Waals surface area contributed by atoms with E-state index in [1.54, 1.807) is 42.5 Å². The van der Waals surface area contributed by atoms with Crippen molar-refractivity contribution in [2.75, 3.05) is 7.11 Å². The van der Waals surface area contributed by atoms with Gasteiger partial charge < -0.3 is 9.47 Å². The Bertz CT molecular complexity index is 1530. The summed E-state index contributed by atoms with van der Waals surface area (Å²) in [5.41, 5.74) is 0.838. The highest BCUT2D eigenvalue weighted by molar-refractivity contribution is 9.10. The van der Waals surface area contributed by atoms with Crippen molar-refractivity contribution in [1.29, 1.82) is 0 Å². The zero-order valence-corrected chi connectivity index (χ0v) is 22.5. The Labute approximate surface area is 221 Å². The van der Waals surface area contributed by atoms with E-state index in [1.807, 2.05) is 26.8 Å². The van der Waals surface area contributed by atoms with Gasteiger partial charge in [-0.2, -0.15) is 9.78 Å². The number of rotatable bonds is 6. The average molecular weight is 573 g/mol. The van der Waals surface area contributed by atoms with Crippen LogP contribution >= 0.6 is 27.5 Å². The van der Waals surface area contributed by atoms with Crippen molar-refractivity contribution in [3.05, 3.63) is 97.2 Å². The summed E-state index contributed by atoms with van der Waals surface area (Å²) in [6.07, 6.45) is 1.51. The minimum absolute atomic E-state index is 0.0150. The second-order valence-corrected chi connectivity index (χ2v) is 10.4. The number of methoxy groups -OCH3 is 1. The van der Waals surface area contributed by atoms with Gasteiger partial charge in [0.1, 0.15) is 18.2 Å². The first-order chi connectivity index (χ1) is 17.1. The molecule has 1 heterocycles. The molecular formula is C27H24BrClFN3O3. The smallest absolute Gasteiger partial charge is 0.282 e. The summed E-state index contributed by atoms with van der Waals surface area (Å²) in [5.74, 6) is 0.780. The molecule has 0 fully saturated rings. The molecule has 0 amide bonds. The summed E-state index contributed by atoms with van der Waals surface area (Å²) in [6.45, 7) is 5.88. The quantitative estimate of drug-likeness (QED) is 0.241. The van der Waals surface area contributed by atoms with Gasteiger partial charge in [-0.15, -0.1) is 0 Å². The van der Waals surface area contributed by atoms with Gasteiger partial charge in [-0.3, -0.25) is 4.79 Å². The molecule has 36 heavy (non-hydrogen) atoms. The monoisotopic (exact) mass is 571 g/mol. The van der Waals surface area contributed by atoms with Gasteiger partial charge in [-0.1, -0.05) is 66.5 Å². The lowest BCUT2D eigenvalue weighted by Gasteiger charge is -2.21. The van der Waals surface area contributed by atoms with E-state index in [4.69, 9.17) is 26.1 Å². The molecule has 9 heteroatoms. The molecule has 6 nitrogen and oxygen atoms in total. The molecule has 4 aromatic rings. The Morgan fingerprint density at radius 2 is 1.92 bits per heavy atom. The molecule has 0 aliphatic carbocycles. The van der Waals surface area contributed by atoms with E-state index in [9.17, 15) is 9.18 Å². The topological polar surface area (TPSA) is 65.7 Å². The van der Waals surface area contributed by atoms with Gasteiger partial charge in [0, 0.05) is 15.5 Å². The van der Waals surface area contributed by atoms with Gasteiger partial charge in [-0.05, 0) is 42.0 Å². The summed E-state index contributed by atoms with van der Waals surface area (Å²) in [5, 5.41) is 5.18. The molecule has 186 valence electrons. The van der Waals surface area contributed by atoms with E-state index < -0.39 is 5.41 Å². The van der Waals surface area contributed by atoms with Crippen LogP contribution in [0.3, 0.4) is 0 Å². The second-order valence-electron chi connectivity index (χ2n) is 9.12. The molecule has 0 atom stereocenters. The normalized spacial score (nSPS) is 11.9. The Kier molecular flexibility index (Phi) is 7.47. The van der Waals surface area contributed by atoms with Crippen LogP contribution in [-0.2, 0) is 12.0 Å². The highest BCUT2D eigenvalue weighted by Crippen LogP contribution is 2.37. The van der Waals surface area contributed by atoms with Gasteiger partial charge >= 0.3 is 0 Å². The van der Waals surface area contributed by atoms with E-state index in [2.05, 4.69) is 21.0 Å². The van der Waals surface area contributed by atoms with Crippen molar-refractivity contribution in [2.45, 2.75) is 32.8 Å². The third kappa shape index (κ3) is 5.44. The minimum Gasteiger partial charge on any atom is -0.493 e. The Morgan fingerprint density at radius 3 is 2.61 bits per heavy atom. The molecule has 3 aromatic carbocycles. The largest absolute Gasteiger partial charge is 0.493 e. The summed E-state index contributed by atoms with van der Waals surface area (Å²) in [7, 11) is 1.48. The molecule has 0 aliphatic rings. The maximum atomic E-state index is 14.0. The predicted molar refractivity (Wildman–Crippen MR) is 144 cm³/mol. The van der Waals surface area contributed by atoms with Crippen LogP contribution in [0.15, 0.2) is 69.0 Å². The molecule has 0 saturated heterocycles. The molecule has 0 N–H and O–H groups in total. The number of nitrogens with zero attached hydrogens (tertiary/aromatic N) is 3. The summed E-state index contributed by atoms with van der Waals surface area (Å²) >= 11 is 9.90. The first-order valence-electron chi connectivity index (χ1n) is 11.1. The standard InChI is InChI=1S/C27H24BrClFN3O3/c1-27(2,3)26-32-22-10-9-18(28)13-19(22)25(34)33(26)31-14-16-11-20(29)24(23(12-16)35-4)36-15-17-7-5-6-8-21(17)30/h5-14H,15H2,1-4H3. The lowest BCUT2D eigenvalue weighted by atomic mass is 9.95. The molecule has 0 aliphatic heterocycles. The van der Waals surface area contributed by atoms with Gasteiger partial charge in [0.2, 0.25) is 0 Å². The Hall–Kier alpha value is -3.23. The third-order valence-electron chi connectivity index (χ3n) is 5.38. The molecule has 4 rings (SSSR count). The molecule has 0 spiro atoms. The van der Waals surface area contributed by atoms with Crippen molar-refractivity contribution in [2.24, 2.45) is 5.10 Å². The first-order valence-corrected chi connectivity index (χ1v) is 12.3. The summed E-state index contributed by atoms with van der Waals surface area (Å²) in [6, 6.07) is 15.0. The molecule has 0 unspecified atom stereocenters. The van der Waals surface area contributed by atoms with Crippen LogP contribution < -0.4 is 15.0 Å².